The third-order valence-electron chi connectivity index (χ3n) is 3.20. The molecule has 0 saturated heterocycles. The molecule has 0 amide bonds. The number of benzene rings is 1. The maximum Gasteiger partial charge on any atom is 0.342 e. The van der Waals surface area contributed by atoms with Gasteiger partial charge in [0.15, 0.2) is 0 Å². The van der Waals surface area contributed by atoms with Crippen LogP contribution in [0.2, 0.25) is 0 Å². The van der Waals surface area contributed by atoms with Crippen LogP contribution in [0.5, 0.6) is 0 Å². The van der Waals surface area contributed by atoms with Crippen molar-refractivity contribution in [3.63, 3.8) is 0 Å². The molecule has 2 rings (SSSR count). The van der Waals surface area contributed by atoms with Crippen LogP contribution in [0.4, 0.5) is 11.5 Å². The first-order chi connectivity index (χ1) is 9.67. The van der Waals surface area contributed by atoms with Crippen LogP contribution in [-0.4, -0.2) is 24.2 Å². The lowest BCUT2D eigenvalue weighted by Gasteiger charge is -2.10. The molecule has 1 aromatic carbocycles. The van der Waals surface area contributed by atoms with E-state index in [1.807, 2.05) is 18.4 Å². The Labute approximate surface area is 116 Å². The fourth-order valence-corrected chi connectivity index (χ4v) is 2.38. The average Bonchev–Trinajstić information content (AvgIpc) is 2.79. The monoisotopic (exact) mass is 275 g/mol. The smallest absolute Gasteiger partial charge is 0.342 e. The minimum Gasteiger partial charge on any atom is -0.465 e. The van der Waals surface area contributed by atoms with Crippen molar-refractivity contribution in [2.75, 3.05) is 19.0 Å². The number of nitroso groups, excluding NO2 is 1. The molecule has 0 radical (unpaired) electrons. The van der Waals surface area contributed by atoms with E-state index in [-0.39, 0.29) is 0 Å². The predicted molar refractivity (Wildman–Crippen MR) is 78.6 cm³/mol. The zero-order chi connectivity index (χ0) is 14.7. The summed E-state index contributed by atoms with van der Waals surface area (Å²) in [6, 6.07) is 5.00. The van der Waals surface area contributed by atoms with Gasteiger partial charge in [0.1, 0.15) is 17.1 Å². The Morgan fingerprint density at radius 3 is 2.70 bits per heavy atom. The summed E-state index contributed by atoms with van der Waals surface area (Å²) in [4.78, 5) is 22.7. The third-order valence-corrected chi connectivity index (χ3v) is 3.20. The van der Waals surface area contributed by atoms with Gasteiger partial charge in [-0.3, -0.25) is 0 Å². The number of rotatable bonds is 5. The van der Waals surface area contributed by atoms with Gasteiger partial charge in [0.25, 0.3) is 0 Å². The van der Waals surface area contributed by atoms with E-state index in [4.69, 9.17) is 4.74 Å². The number of ether oxygens (including phenoxy) is 1. The van der Waals surface area contributed by atoms with Crippen molar-refractivity contribution >= 4 is 28.4 Å². The number of aromatic nitrogens is 1. The minimum atomic E-state index is -0.398. The topological polar surface area (TPSA) is 72.7 Å². The molecule has 0 aliphatic heterocycles. The maximum absolute atomic E-state index is 12.0. The number of carbonyl (C=O) groups excluding carboxylic acids is 1. The number of hydrogen-bond donors (Lipinski definition) is 1. The molecule has 1 heterocycles. The average molecular weight is 275 g/mol. The second kappa shape index (κ2) is 5.73. The van der Waals surface area contributed by atoms with Crippen LogP contribution in [0.3, 0.4) is 0 Å². The molecule has 0 saturated carbocycles. The minimum absolute atomic E-state index is 0.337. The Morgan fingerprint density at radius 1 is 1.40 bits per heavy atom. The number of anilines is 1. The number of fused-ring (bicyclic) bond motifs is 1. The van der Waals surface area contributed by atoms with Crippen molar-refractivity contribution in [2.24, 2.45) is 5.18 Å². The molecular formula is C14H17N3O3. The number of methoxy groups -OCH3 is 1. The van der Waals surface area contributed by atoms with Crippen molar-refractivity contribution in [3.05, 3.63) is 28.7 Å². The van der Waals surface area contributed by atoms with Gasteiger partial charge < -0.3 is 14.6 Å². The summed E-state index contributed by atoms with van der Waals surface area (Å²) >= 11 is 0. The summed E-state index contributed by atoms with van der Waals surface area (Å²) in [6.45, 7) is 5.27. The van der Waals surface area contributed by atoms with E-state index >= 15 is 0 Å². The standard InChI is InChI=1S/C14H17N3O3/c1-4-15-13-12(14(18)20-3)10-7-6-9(16-19)8-11(10)17(13)5-2/h6-8,15H,4-5H2,1-3H3. The summed E-state index contributed by atoms with van der Waals surface area (Å²) in [6.07, 6.45) is 0. The van der Waals surface area contributed by atoms with Gasteiger partial charge in [0, 0.05) is 18.5 Å². The van der Waals surface area contributed by atoms with Gasteiger partial charge in [0.05, 0.1) is 12.6 Å². The molecule has 1 N–H and O–H groups in total. The van der Waals surface area contributed by atoms with Crippen LogP contribution in [0.1, 0.15) is 24.2 Å². The Balaban J connectivity index is 2.82. The highest BCUT2D eigenvalue weighted by atomic mass is 16.5. The van der Waals surface area contributed by atoms with Gasteiger partial charge in [-0.25, -0.2) is 4.79 Å². The molecule has 0 fully saturated rings. The first kappa shape index (κ1) is 14.0. The van der Waals surface area contributed by atoms with Crippen LogP contribution < -0.4 is 5.32 Å². The normalized spacial score (nSPS) is 10.6. The van der Waals surface area contributed by atoms with Crippen LogP contribution >= 0.6 is 0 Å². The Hall–Kier alpha value is -2.37. The number of nitrogens with zero attached hydrogens (tertiary/aromatic N) is 2. The summed E-state index contributed by atoms with van der Waals surface area (Å²) in [5.41, 5.74) is 1.62. The molecule has 106 valence electrons. The van der Waals surface area contributed by atoms with E-state index in [9.17, 15) is 9.70 Å². The van der Waals surface area contributed by atoms with Crippen LogP contribution in [0, 0.1) is 4.91 Å². The Kier molecular flexibility index (Phi) is 4.02. The van der Waals surface area contributed by atoms with E-state index in [1.54, 1.807) is 18.2 Å². The summed E-state index contributed by atoms with van der Waals surface area (Å²) in [7, 11) is 1.36. The van der Waals surface area contributed by atoms with Crippen molar-refractivity contribution in [1.82, 2.24) is 4.57 Å². The zero-order valence-corrected chi connectivity index (χ0v) is 11.8. The molecule has 6 heteroatoms. The Morgan fingerprint density at radius 2 is 2.15 bits per heavy atom. The van der Waals surface area contributed by atoms with Gasteiger partial charge in [-0.1, -0.05) is 0 Å². The summed E-state index contributed by atoms with van der Waals surface area (Å²) in [5, 5.41) is 6.89. The lowest BCUT2D eigenvalue weighted by molar-refractivity contribution is 0.0604. The number of nitrogens with one attached hydrogen (secondary N) is 1. The highest BCUT2D eigenvalue weighted by Gasteiger charge is 2.22. The van der Waals surface area contributed by atoms with Crippen LogP contribution in [0.15, 0.2) is 23.4 Å². The van der Waals surface area contributed by atoms with Crippen LogP contribution in [0.25, 0.3) is 10.9 Å². The number of hydrogen-bond acceptors (Lipinski definition) is 5. The van der Waals surface area contributed by atoms with Gasteiger partial charge in [-0.15, -0.1) is 4.91 Å². The zero-order valence-electron chi connectivity index (χ0n) is 11.8. The highest BCUT2D eigenvalue weighted by molar-refractivity contribution is 6.10. The molecule has 0 unspecified atom stereocenters. The van der Waals surface area contributed by atoms with Gasteiger partial charge in [-0.05, 0) is 37.2 Å². The lowest BCUT2D eigenvalue weighted by Crippen LogP contribution is -2.10. The van der Waals surface area contributed by atoms with Crippen LogP contribution in [-0.2, 0) is 11.3 Å². The molecule has 0 spiro atoms. The van der Waals surface area contributed by atoms with E-state index in [0.29, 0.717) is 30.2 Å². The predicted octanol–water partition coefficient (Wildman–Crippen LogP) is 3.28. The second-order valence-corrected chi connectivity index (χ2v) is 4.28. The largest absolute Gasteiger partial charge is 0.465 e. The van der Waals surface area contributed by atoms with E-state index < -0.39 is 5.97 Å². The quantitative estimate of drug-likeness (QED) is 0.671. The molecule has 0 atom stereocenters. The highest BCUT2D eigenvalue weighted by Crippen LogP contribution is 2.33. The number of esters is 1. The van der Waals surface area contributed by atoms with Gasteiger partial charge in [-0.2, -0.15) is 0 Å². The van der Waals surface area contributed by atoms with Crippen molar-refractivity contribution in [3.8, 4) is 0 Å². The summed E-state index contributed by atoms with van der Waals surface area (Å²) < 4.78 is 6.81. The first-order valence-electron chi connectivity index (χ1n) is 6.49. The van der Waals surface area contributed by atoms with Crippen molar-refractivity contribution in [2.45, 2.75) is 20.4 Å². The number of aryl methyl sites for hydroxylation is 1. The first-order valence-corrected chi connectivity index (χ1v) is 6.49. The molecule has 0 aliphatic rings. The second-order valence-electron chi connectivity index (χ2n) is 4.28. The maximum atomic E-state index is 12.0. The van der Waals surface area contributed by atoms with E-state index in [1.165, 1.54) is 7.11 Å². The molecule has 2 aromatic rings. The lowest BCUT2D eigenvalue weighted by atomic mass is 10.1. The van der Waals surface area contributed by atoms with Crippen molar-refractivity contribution in [1.29, 1.82) is 0 Å². The fraction of sp³-hybridized carbons (Fsp3) is 0.357. The van der Waals surface area contributed by atoms with Gasteiger partial charge in [0.2, 0.25) is 0 Å². The molecule has 0 aliphatic carbocycles. The van der Waals surface area contributed by atoms with E-state index in [0.717, 1.165) is 10.9 Å². The number of carbonyl (C=O) groups is 1. The van der Waals surface area contributed by atoms with E-state index in [2.05, 4.69) is 10.5 Å². The molecule has 20 heavy (non-hydrogen) atoms. The van der Waals surface area contributed by atoms with Crippen molar-refractivity contribution < 1.29 is 9.53 Å². The fourth-order valence-electron chi connectivity index (χ4n) is 2.38. The molecule has 1 aromatic heterocycles. The summed E-state index contributed by atoms with van der Waals surface area (Å²) in [5.74, 6) is 0.310. The third kappa shape index (κ3) is 2.13. The molecule has 6 nitrogen and oxygen atoms in total. The Bertz CT molecular complexity index is 661. The van der Waals surface area contributed by atoms with Gasteiger partial charge >= 0.3 is 5.97 Å². The molecular weight excluding hydrogens is 258 g/mol. The SMILES string of the molecule is CCNc1c(C(=O)OC)c2ccc(N=O)cc2n1CC. The molecule has 0 bridgehead atoms.